The molecule has 2 aromatic rings. The summed E-state index contributed by atoms with van der Waals surface area (Å²) >= 11 is 0. The zero-order valence-electron chi connectivity index (χ0n) is 11.9. The van der Waals surface area contributed by atoms with E-state index >= 15 is 0 Å². The molecule has 0 aromatic heterocycles. The second-order valence-electron chi connectivity index (χ2n) is 4.84. The highest BCUT2D eigenvalue weighted by Gasteiger charge is 2.04. The first-order valence-electron chi connectivity index (χ1n) is 7.15. The Morgan fingerprint density at radius 1 is 0.900 bits per heavy atom. The lowest BCUT2D eigenvalue weighted by molar-refractivity contribution is 0.718. The monoisotopic (exact) mass is 267 g/mol. The number of nitrogens with zero attached hydrogens (tertiary/aromatic N) is 2. The molecule has 0 fully saturated rings. The molecule has 0 aliphatic carbocycles. The number of aryl methyl sites for hydroxylation is 1. The molecule has 20 heavy (non-hydrogen) atoms. The van der Waals surface area contributed by atoms with Crippen molar-refractivity contribution >= 4 is 17.1 Å². The number of nitrogens with two attached hydrogens (primary N) is 1. The Kier molecular flexibility index (Phi) is 5.30. The summed E-state index contributed by atoms with van der Waals surface area (Å²) < 4.78 is 0. The van der Waals surface area contributed by atoms with Gasteiger partial charge in [0, 0.05) is 0 Å². The number of unbranched alkanes of at least 4 members (excludes halogenated alkanes) is 2. The molecule has 0 bridgehead atoms. The Labute approximate surface area is 120 Å². The Morgan fingerprint density at radius 3 is 2.45 bits per heavy atom. The zero-order valence-corrected chi connectivity index (χ0v) is 11.9. The van der Waals surface area contributed by atoms with Crippen LogP contribution < -0.4 is 5.73 Å². The van der Waals surface area contributed by atoms with E-state index in [0.717, 1.165) is 23.5 Å². The van der Waals surface area contributed by atoms with Gasteiger partial charge in [-0.2, -0.15) is 5.11 Å². The van der Waals surface area contributed by atoms with Crippen molar-refractivity contribution in [3.63, 3.8) is 0 Å². The van der Waals surface area contributed by atoms with Crippen molar-refractivity contribution in [1.82, 2.24) is 0 Å². The molecule has 0 spiro atoms. The van der Waals surface area contributed by atoms with Crippen molar-refractivity contribution in [3.05, 3.63) is 54.1 Å². The van der Waals surface area contributed by atoms with E-state index in [2.05, 4.69) is 23.2 Å². The fourth-order valence-electron chi connectivity index (χ4n) is 2.08. The van der Waals surface area contributed by atoms with Crippen LogP contribution in [0.5, 0.6) is 0 Å². The van der Waals surface area contributed by atoms with Crippen LogP contribution in [-0.4, -0.2) is 0 Å². The second-order valence-corrected chi connectivity index (χ2v) is 4.84. The predicted octanol–water partition coefficient (Wildman–Crippen LogP) is 5.42. The summed E-state index contributed by atoms with van der Waals surface area (Å²) in [5.41, 5.74) is 9.69. The fraction of sp³-hybridized carbons (Fsp3) is 0.294. The van der Waals surface area contributed by atoms with Gasteiger partial charge < -0.3 is 5.73 Å². The molecule has 0 atom stereocenters. The highest BCUT2D eigenvalue weighted by atomic mass is 15.1. The maximum atomic E-state index is 6.18. The predicted molar refractivity (Wildman–Crippen MR) is 84.7 cm³/mol. The lowest BCUT2D eigenvalue weighted by atomic mass is 10.0. The van der Waals surface area contributed by atoms with Gasteiger partial charge in [0.25, 0.3) is 0 Å². The zero-order chi connectivity index (χ0) is 14.2. The van der Waals surface area contributed by atoms with Gasteiger partial charge in [-0.15, -0.1) is 5.11 Å². The van der Waals surface area contributed by atoms with Crippen molar-refractivity contribution in [2.75, 3.05) is 5.73 Å². The largest absolute Gasteiger partial charge is 0.397 e. The number of rotatable bonds is 6. The number of para-hydroxylation sites is 1. The van der Waals surface area contributed by atoms with Crippen LogP contribution in [0, 0.1) is 0 Å². The molecular formula is C17H21N3. The summed E-state index contributed by atoms with van der Waals surface area (Å²) in [7, 11) is 0. The van der Waals surface area contributed by atoms with Gasteiger partial charge in [0.05, 0.1) is 11.4 Å². The summed E-state index contributed by atoms with van der Waals surface area (Å²) in [5, 5.41) is 8.48. The van der Waals surface area contributed by atoms with Crippen LogP contribution in [0.15, 0.2) is 58.8 Å². The summed E-state index contributed by atoms with van der Waals surface area (Å²) in [5.74, 6) is 0. The SMILES string of the molecule is CCCCCc1cccc(N=Nc2ccccc2)c1N. The van der Waals surface area contributed by atoms with Crippen LogP contribution in [-0.2, 0) is 6.42 Å². The first-order valence-corrected chi connectivity index (χ1v) is 7.15. The molecular weight excluding hydrogens is 246 g/mol. The van der Waals surface area contributed by atoms with E-state index in [1.54, 1.807) is 0 Å². The van der Waals surface area contributed by atoms with E-state index in [9.17, 15) is 0 Å². The van der Waals surface area contributed by atoms with Crippen LogP contribution in [0.25, 0.3) is 0 Å². The minimum Gasteiger partial charge on any atom is -0.397 e. The molecule has 0 saturated heterocycles. The van der Waals surface area contributed by atoms with Crippen molar-refractivity contribution < 1.29 is 0 Å². The molecule has 2 rings (SSSR count). The van der Waals surface area contributed by atoms with Crippen LogP contribution in [0.1, 0.15) is 31.7 Å². The quantitative estimate of drug-likeness (QED) is 0.424. The van der Waals surface area contributed by atoms with Crippen molar-refractivity contribution in [2.24, 2.45) is 10.2 Å². The Bertz CT molecular complexity index is 562. The molecule has 3 heteroatoms. The molecule has 0 radical (unpaired) electrons. The van der Waals surface area contributed by atoms with Crippen LogP contribution in [0.2, 0.25) is 0 Å². The molecule has 2 aromatic carbocycles. The van der Waals surface area contributed by atoms with Gasteiger partial charge in [-0.05, 0) is 36.6 Å². The lowest BCUT2D eigenvalue weighted by Gasteiger charge is -2.07. The molecule has 3 nitrogen and oxygen atoms in total. The molecule has 0 saturated carbocycles. The Balaban J connectivity index is 2.12. The van der Waals surface area contributed by atoms with E-state index in [4.69, 9.17) is 5.73 Å². The lowest BCUT2D eigenvalue weighted by Crippen LogP contribution is -1.94. The first-order chi connectivity index (χ1) is 9.81. The van der Waals surface area contributed by atoms with Gasteiger partial charge in [0.2, 0.25) is 0 Å². The average molecular weight is 267 g/mol. The summed E-state index contributed by atoms with van der Waals surface area (Å²) in [6.07, 6.45) is 4.62. The molecule has 104 valence electrons. The van der Waals surface area contributed by atoms with Crippen molar-refractivity contribution in [1.29, 1.82) is 0 Å². The smallest absolute Gasteiger partial charge is 0.109 e. The van der Waals surface area contributed by atoms with Gasteiger partial charge in [-0.1, -0.05) is 50.1 Å². The molecule has 0 amide bonds. The Morgan fingerprint density at radius 2 is 1.70 bits per heavy atom. The van der Waals surface area contributed by atoms with Gasteiger partial charge in [-0.25, -0.2) is 0 Å². The third kappa shape index (κ3) is 3.92. The van der Waals surface area contributed by atoms with Gasteiger partial charge in [-0.3, -0.25) is 0 Å². The van der Waals surface area contributed by atoms with E-state index < -0.39 is 0 Å². The third-order valence-corrected chi connectivity index (χ3v) is 3.25. The van der Waals surface area contributed by atoms with Gasteiger partial charge in [0.1, 0.15) is 5.69 Å². The van der Waals surface area contributed by atoms with Crippen molar-refractivity contribution in [2.45, 2.75) is 32.6 Å². The first kappa shape index (κ1) is 14.3. The summed E-state index contributed by atoms with van der Waals surface area (Å²) in [6.45, 7) is 2.20. The number of benzene rings is 2. The molecule has 2 N–H and O–H groups in total. The van der Waals surface area contributed by atoms with E-state index in [1.807, 2.05) is 42.5 Å². The number of hydrogen-bond donors (Lipinski definition) is 1. The van der Waals surface area contributed by atoms with Crippen LogP contribution in [0.3, 0.4) is 0 Å². The maximum absolute atomic E-state index is 6.18. The maximum Gasteiger partial charge on any atom is 0.109 e. The number of hydrogen-bond acceptors (Lipinski definition) is 3. The van der Waals surface area contributed by atoms with Crippen molar-refractivity contribution in [3.8, 4) is 0 Å². The fourth-order valence-corrected chi connectivity index (χ4v) is 2.08. The Hall–Kier alpha value is -2.16. The molecule has 0 aliphatic heterocycles. The number of azo groups is 1. The van der Waals surface area contributed by atoms with E-state index in [1.165, 1.54) is 24.8 Å². The second kappa shape index (κ2) is 7.43. The van der Waals surface area contributed by atoms with E-state index in [-0.39, 0.29) is 0 Å². The standard InChI is InChI=1S/C17H21N3/c1-2-3-5-9-14-10-8-13-16(17(14)18)20-19-15-11-6-4-7-12-15/h4,6-8,10-13H,2-3,5,9,18H2,1H3. The molecule has 0 aliphatic rings. The summed E-state index contributed by atoms with van der Waals surface area (Å²) in [4.78, 5) is 0. The third-order valence-electron chi connectivity index (χ3n) is 3.25. The average Bonchev–Trinajstić information content (AvgIpc) is 2.49. The normalized spacial score (nSPS) is 11.1. The minimum absolute atomic E-state index is 0.753. The molecule has 0 unspecified atom stereocenters. The highest BCUT2D eigenvalue weighted by molar-refractivity contribution is 5.66. The summed E-state index contributed by atoms with van der Waals surface area (Å²) in [6, 6.07) is 15.7. The van der Waals surface area contributed by atoms with Crippen LogP contribution in [0.4, 0.5) is 17.1 Å². The van der Waals surface area contributed by atoms with Gasteiger partial charge >= 0.3 is 0 Å². The number of nitrogen functional groups attached to an aromatic ring is 1. The van der Waals surface area contributed by atoms with E-state index in [0.29, 0.717) is 0 Å². The minimum atomic E-state index is 0.753. The number of anilines is 1. The highest BCUT2D eigenvalue weighted by Crippen LogP contribution is 2.28. The topological polar surface area (TPSA) is 50.7 Å². The van der Waals surface area contributed by atoms with Gasteiger partial charge in [0.15, 0.2) is 0 Å². The molecule has 0 heterocycles. The van der Waals surface area contributed by atoms with Crippen LogP contribution >= 0.6 is 0 Å².